The number of benzene rings is 1. The molecule has 2 N–H and O–H groups in total. The molecule has 0 atom stereocenters. The van der Waals surface area contributed by atoms with Crippen LogP contribution in [0.4, 0.5) is 5.69 Å². The predicted molar refractivity (Wildman–Crippen MR) is 82.4 cm³/mol. The van der Waals surface area contributed by atoms with Gasteiger partial charge in [-0.2, -0.15) is 5.21 Å². The van der Waals surface area contributed by atoms with E-state index >= 15 is 0 Å². The maximum Gasteiger partial charge on any atom is 0.272 e. The van der Waals surface area contributed by atoms with Crippen LogP contribution < -0.4 is 4.72 Å². The van der Waals surface area contributed by atoms with Crippen molar-refractivity contribution in [1.29, 1.82) is 0 Å². The first kappa shape index (κ1) is 14.2. The van der Waals surface area contributed by atoms with Crippen molar-refractivity contribution in [2.75, 3.05) is 4.72 Å². The van der Waals surface area contributed by atoms with E-state index < -0.39 is 10.0 Å². The van der Waals surface area contributed by atoms with Crippen LogP contribution in [-0.4, -0.2) is 29.0 Å². The summed E-state index contributed by atoms with van der Waals surface area (Å²) in [5, 5.41) is 15.2. The van der Waals surface area contributed by atoms with E-state index in [2.05, 4.69) is 41.3 Å². The third kappa shape index (κ3) is 2.96. The minimum Gasteiger partial charge on any atom is -0.279 e. The van der Waals surface area contributed by atoms with Crippen molar-refractivity contribution >= 4 is 43.0 Å². The highest BCUT2D eigenvalue weighted by molar-refractivity contribution is 9.10. The second-order valence-corrected chi connectivity index (χ2v) is 7.63. The molecule has 0 aliphatic carbocycles. The third-order valence-corrected chi connectivity index (χ3v) is 6.60. The molecule has 0 aliphatic heterocycles. The second kappa shape index (κ2) is 5.54. The van der Waals surface area contributed by atoms with Gasteiger partial charge in [0.25, 0.3) is 10.0 Å². The highest BCUT2D eigenvalue weighted by atomic mass is 79.9. The summed E-state index contributed by atoms with van der Waals surface area (Å²) in [6, 6.07) is 8.47. The number of tetrazole rings is 1. The number of H-pyrrole nitrogens is 1. The van der Waals surface area contributed by atoms with Crippen LogP contribution in [0.2, 0.25) is 0 Å². The molecule has 0 saturated heterocycles. The summed E-state index contributed by atoms with van der Waals surface area (Å²) in [7, 11) is -3.63. The zero-order valence-corrected chi connectivity index (χ0v) is 13.5. The topological polar surface area (TPSA) is 101 Å². The number of nitrogens with one attached hydrogen (secondary N) is 2. The van der Waals surface area contributed by atoms with E-state index in [1.165, 1.54) is 0 Å². The SMILES string of the molecule is O=S(=O)(Nc1cccc(-c2nn[nH]n2)c1)c1sccc1Br. The lowest BCUT2D eigenvalue weighted by molar-refractivity contribution is 0.603. The quantitative estimate of drug-likeness (QED) is 0.718. The van der Waals surface area contributed by atoms with Crippen molar-refractivity contribution in [2.24, 2.45) is 0 Å². The minimum atomic E-state index is -3.63. The Morgan fingerprint density at radius 1 is 1.29 bits per heavy atom. The first-order chi connectivity index (χ1) is 10.1. The lowest BCUT2D eigenvalue weighted by Crippen LogP contribution is -2.11. The van der Waals surface area contributed by atoms with E-state index in [1.807, 2.05) is 0 Å². The molecule has 2 heterocycles. The van der Waals surface area contributed by atoms with Crippen molar-refractivity contribution < 1.29 is 8.42 Å². The van der Waals surface area contributed by atoms with Crippen molar-refractivity contribution in [3.8, 4) is 11.4 Å². The first-order valence-electron chi connectivity index (χ1n) is 5.66. The average Bonchev–Trinajstić information content (AvgIpc) is 3.09. The number of aromatic amines is 1. The Morgan fingerprint density at radius 3 is 2.81 bits per heavy atom. The van der Waals surface area contributed by atoms with Gasteiger partial charge >= 0.3 is 0 Å². The Kier molecular flexibility index (Phi) is 3.74. The lowest BCUT2D eigenvalue weighted by atomic mass is 10.2. The highest BCUT2D eigenvalue weighted by Crippen LogP contribution is 2.29. The summed E-state index contributed by atoms with van der Waals surface area (Å²) < 4.78 is 27.9. The van der Waals surface area contributed by atoms with Gasteiger partial charge in [0.1, 0.15) is 0 Å². The summed E-state index contributed by atoms with van der Waals surface area (Å²) >= 11 is 4.36. The van der Waals surface area contributed by atoms with Crippen LogP contribution >= 0.6 is 27.3 Å². The average molecular weight is 386 g/mol. The molecule has 0 bridgehead atoms. The molecule has 21 heavy (non-hydrogen) atoms. The van der Waals surface area contributed by atoms with Gasteiger partial charge < -0.3 is 0 Å². The van der Waals surface area contributed by atoms with Crippen LogP contribution in [0.15, 0.2) is 44.4 Å². The second-order valence-electron chi connectivity index (χ2n) is 3.98. The Morgan fingerprint density at radius 2 is 2.14 bits per heavy atom. The first-order valence-corrected chi connectivity index (χ1v) is 8.81. The number of rotatable bonds is 4. The third-order valence-electron chi connectivity index (χ3n) is 2.55. The maximum absolute atomic E-state index is 12.3. The zero-order valence-electron chi connectivity index (χ0n) is 10.3. The largest absolute Gasteiger partial charge is 0.279 e. The molecule has 0 radical (unpaired) electrons. The van der Waals surface area contributed by atoms with Gasteiger partial charge in [-0.25, -0.2) is 8.42 Å². The van der Waals surface area contributed by atoms with Crippen molar-refractivity contribution in [3.63, 3.8) is 0 Å². The van der Waals surface area contributed by atoms with Crippen LogP contribution in [0, 0.1) is 0 Å². The smallest absolute Gasteiger partial charge is 0.272 e. The summed E-state index contributed by atoms with van der Waals surface area (Å²) in [4.78, 5) is 0. The van der Waals surface area contributed by atoms with E-state index in [-0.39, 0.29) is 4.21 Å². The van der Waals surface area contributed by atoms with Crippen molar-refractivity contribution in [3.05, 3.63) is 40.2 Å². The highest BCUT2D eigenvalue weighted by Gasteiger charge is 2.19. The zero-order chi connectivity index (χ0) is 14.9. The molecule has 0 unspecified atom stereocenters. The maximum atomic E-state index is 12.3. The Balaban J connectivity index is 1.92. The van der Waals surface area contributed by atoms with E-state index in [9.17, 15) is 8.42 Å². The van der Waals surface area contributed by atoms with E-state index in [4.69, 9.17) is 0 Å². The van der Waals surface area contributed by atoms with E-state index in [0.717, 1.165) is 11.3 Å². The molecule has 2 aromatic heterocycles. The molecule has 0 saturated carbocycles. The van der Waals surface area contributed by atoms with Gasteiger partial charge in [-0.05, 0) is 44.7 Å². The standard InChI is InChI=1S/C11H8BrN5O2S2/c12-9-4-5-20-11(9)21(18,19)15-8-3-1-2-7(6-8)10-13-16-17-14-10/h1-6,15H,(H,13,14,16,17). The summed E-state index contributed by atoms with van der Waals surface area (Å²) in [6.45, 7) is 0. The van der Waals surface area contributed by atoms with Crippen molar-refractivity contribution in [1.82, 2.24) is 20.6 Å². The molecule has 0 amide bonds. The lowest BCUT2D eigenvalue weighted by Gasteiger charge is -2.07. The predicted octanol–water partition coefficient (Wildman–Crippen LogP) is 2.49. The Bertz CT molecular complexity index is 860. The minimum absolute atomic E-state index is 0.229. The van der Waals surface area contributed by atoms with E-state index in [0.29, 0.717) is 21.5 Å². The number of aromatic nitrogens is 4. The van der Waals surface area contributed by atoms with Crippen LogP contribution in [0.5, 0.6) is 0 Å². The summed E-state index contributed by atoms with van der Waals surface area (Å²) in [5.74, 6) is 0.397. The van der Waals surface area contributed by atoms with Gasteiger partial charge in [0, 0.05) is 15.7 Å². The Labute approximate surface area is 132 Å². The fourth-order valence-corrected chi connectivity index (χ4v) is 5.07. The van der Waals surface area contributed by atoms with Gasteiger partial charge in [-0.3, -0.25) is 4.72 Å². The Hall–Kier alpha value is -1.78. The van der Waals surface area contributed by atoms with Crippen LogP contribution in [-0.2, 0) is 10.0 Å². The molecule has 3 rings (SSSR count). The number of halogens is 1. The van der Waals surface area contributed by atoms with Gasteiger partial charge in [0.15, 0.2) is 4.21 Å². The number of hydrogen-bond donors (Lipinski definition) is 2. The van der Waals surface area contributed by atoms with Gasteiger partial charge in [0.2, 0.25) is 5.82 Å². The van der Waals surface area contributed by atoms with Gasteiger partial charge in [-0.15, -0.1) is 21.5 Å². The molecule has 0 fully saturated rings. The molecule has 0 aliphatic rings. The molecular weight excluding hydrogens is 378 g/mol. The molecular formula is C11H8BrN5O2S2. The number of hydrogen-bond acceptors (Lipinski definition) is 6. The van der Waals surface area contributed by atoms with Crippen LogP contribution in [0.25, 0.3) is 11.4 Å². The van der Waals surface area contributed by atoms with E-state index in [1.54, 1.807) is 35.7 Å². The summed E-state index contributed by atoms with van der Waals surface area (Å²) in [6.07, 6.45) is 0. The number of nitrogens with zero attached hydrogens (tertiary/aromatic N) is 3. The molecule has 108 valence electrons. The molecule has 3 aromatic rings. The van der Waals surface area contributed by atoms with Crippen molar-refractivity contribution in [2.45, 2.75) is 4.21 Å². The van der Waals surface area contributed by atoms with Gasteiger partial charge in [0.05, 0.1) is 0 Å². The normalized spacial score (nSPS) is 11.5. The fraction of sp³-hybridized carbons (Fsp3) is 0. The number of anilines is 1. The van der Waals surface area contributed by atoms with Crippen LogP contribution in [0.1, 0.15) is 0 Å². The van der Waals surface area contributed by atoms with Gasteiger partial charge in [-0.1, -0.05) is 12.1 Å². The fourth-order valence-electron chi connectivity index (χ4n) is 1.68. The monoisotopic (exact) mass is 385 g/mol. The molecule has 1 aromatic carbocycles. The molecule has 10 heteroatoms. The molecule has 0 spiro atoms. The number of sulfonamides is 1. The van der Waals surface area contributed by atoms with Crippen LogP contribution in [0.3, 0.4) is 0 Å². The number of thiophene rings is 1. The molecule has 7 nitrogen and oxygen atoms in total. The summed E-state index contributed by atoms with van der Waals surface area (Å²) in [5.41, 5.74) is 1.09.